The molecule has 8 nitrogen and oxygen atoms in total. The molecule has 0 saturated carbocycles. The molecule has 0 aliphatic carbocycles. The number of thiazole rings is 2. The number of carboxylic acids is 1. The Morgan fingerprint density at radius 3 is 2.60 bits per heavy atom. The highest BCUT2D eigenvalue weighted by molar-refractivity contribution is 7.09. The summed E-state index contributed by atoms with van der Waals surface area (Å²) >= 11 is 2.71. The molecular weight excluding hydrogens is 486 g/mol. The van der Waals surface area contributed by atoms with Crippen molar-refractivity contribution < 1.29 is 24.5 Å². The van der Waals surface area contributed by atoms with Gasteiger partial charge in [0, 0.05) is 41.5 Å². The van der Waals surface area contributed by atoms with Gasteiger partial charge < -0.3 is 19.8 Å². The van der Waals surface area contributed by atoms with Crippen LogP contribution in [-0.2, 0) is 16.6 Å². The molecule has 0 spiro atoms. The number of carbonyl (C=O) groups is 2. The molecule has 3 aromatic rings. The molecule has 1 saturated heterocycles. The van der Waals surface area contributed by atoms with Gasteiger partial charge in [-0.25, -0.2) is 14.8 Å². The number of nitrogens with zero attached hydrogens (tertiary/aromatic N) is 3. The van der Waals surface area contributed by atoms with E-state index in [1.165, 1.54) is 27.6 Å². The Kier molecular flexibility index (Phi) is 6.99. The minimum Gasteiger partial charge on any atom is -0.496 e. The maximum absolute atomic E-state index is 14.2. The number of likely N-dealkylation sites (tertiary alicyclic amines) is 1. The van der Waals surface area contributed by atoms with Crippen LogP contribution in [0.15, 0.2) is 40.7 Å². The van der Waals surface area contributed by atoms with Crippen LogP contribution in [0.25, 0.3) is 0 Å². The summed E-state index contributed by atoms with van der Waals surface area (Å²) in [6, 6.07) is 4.55. The average molecular weight is 516 g/mol. The second-order valence-electron chi connectivity index (χ2n) is 9.80. The molecule has 2 aromatic heterocycles. The summed E-state index contributed by atoms with van der Waals surface area (Å²) in [5, 5.41) is 25.0. The van der Waals surface area contributed by atoms with Crippen molar-refractivity contribution in [3.8, 4) is 5.75 Å². The number of aliphatic hydroxyl groups excluding tert-OH is 1. The first kappa shape index (κ1) is 25.3. The van der Waals surface area contributed by atoms with E-state index in [0.29, 0.717) is 22.0 Å². The minimum atomic E-state index is -1.59. The summed E-state index contributed by atoms with van der Waals surface area (Å²) in [6.45, 7) is 5.90. The third-order valence-corrected chi connectivity index (χ3v) is 8.04. The summed E-state index contributed by atoms with van der Waals surface area (Å²) in [4.78, 5) is 37.2. The van der Waals surface area contributed by atoms with Gasteiger partial charge in [-0.05, 0) is 29.5 Å². The maximum Gasteiger partial charge on any atom is 0.330 e. The molecule has 0 radical (unpaired) electrons. The van der Waals surface area contributed by atoms with Crippen molar-refractivity contribution in [3.05, 3.63) is 62.5 Å². The number of rotatable bonds is 7. The quantitative estimate of drug-likeness (QED) is 0.486. The van der Waals surface area contributed by atoms with E-state index in [1.54, 1.807) is 41.7 Å². The number of benzene rings is 1. The Bertz CT molecular complexity index is 1190. The van der Waals surface area contributed by atoms with Gasteiger partial charge in [0.15, 0.2) is 0 Å². The number of aliphatic hydroxyl groups is 1. The van der Waals surface area contributed by atoms with Crippen molar-refractivity contribution in [2.45, 2.75) is 50.6 Å². The summed E-state index contributed by atoms with van der Waals surface area (Å²) in [5.41, 5.74) is 1.69. The number of hydrogen-bond donors (Lipinski definition) is 2. The molecule has 0 unspecified atom stereocenters. The van der Waals surface area contributed by atoms with E-state index in [1.807, 2.05) is 6.07 Å². The second kappa shape index (κ2) is 9.67. The van der Waals surface area contributed by atoms with Crippen LogP contribution < -0.4 is 4.74 Å². The van der Waals surface area contributed by atoms with E-state index >= 15 is 0 Å². The standard InChI is InChI=1S/C25H29N3O5S2/c1-24(2,3)18-6-5-15(9-19(18)33-4)22(30)28-20(21-26-7-8-35-21)16(12-29)10-25(28,23(31)32)11-17-13-34-14-27-17/h5-9,13-14,16,20,29H,10-12H2,1-4H3,(H,31,32)/t16-,20-,25-/m1/s1. The number of carboxylic acid groups (broad SMARTS) is 1. The fraction of sp³-hybridized carbons (Fsp3) is 0.440. The third-order valence-electron chi connectivity index (χ3n) is 6.56. The van der Waals surface area contributed by atoms with Crippen LogP contribution >= 0.6 is 22.7 Å². The van der Waals surface area contributed by atoms with Crippen molar-refractivity contribution in [1.29, 1.82) is 0 Å². The van der Waals surface area contributed by atoms with Gasteiger partial charge in [0.05, 0.1) is 24.4 Å². The van der Waals surface area contributed by atoms with Gasteiger partial charge in [-0.15, -0.1) is 22.7 Å². The van der Waals surface area contributed by atoms with Gasteiger partial charge in [-0.2, -0.15) is 0 Å². The van der Waals surface area contributed by atoms with Crippen LogP contribution in [0.2, 0.25) is 0 Å². The predicted molar refractivity (Wildman–Crippen MR) is 134 cm³/mol. The topological polar surface area (TPSA) is 113 Å². The van der Waals surface area contributed by atoms with Gasteiger partial charge in [-0.1, -0.05) is 26.8 Å². The van der Waals surface area contributed by atoms with Gasteiger partial charge in [0.2, 0.25) is 0 Å². The number of ether oxygens (including phenoxy) is 1. The second-order valence-corrected chi connectivity index (χ2v) is 11.4. The highest BCUT2D eigenvalue weighted by Gasteiger charge is 2.59. The van der Waals surface area contributed by atoms with Crippen molar-refractivity contribution in [3.63, 3.8) is 0 Å². The van der Waals surface area contributed by atoms with Gasteiger partial charge in [0.25, 0.3) is 5.91 Å². The van der Waals surface area contributed by atoms with Crippen molar-refractivity contribution in [2.75, 3.05) is 13.7 Å². The number of hydrogen-bond acceptors (Lipinski definition) is 8. The van der Waals surface area contributed by atoms with Crippen LogP contribution in [0.3, 0.4) is 0 Å². The molecule has 0 bridgehead atoms. The Labute approximate surface area is 212 Å². The lowest BCUT2D eigenvalue weighted by molar-refractivity contribution is -0.149. The largest absolute Gasteiger partial charge is 0.496 e. The first-order valence-electron chi connectivity index (χ1n) is 11.2. The predicted octanol–water partition coefficient (Wildman–Crippen LogP) is 4.17. The zero-order valence-corrected chi connectivity index (χ0v) is 21.7. The molecule has 1 aromatic carbocycles. The highest BCUT2D eigenvalue weighted by Crippen LogP contribution is 2.50. The SMILES string of the molecule is COc1cc(C(=O)N2[C@@H](c3nccs3)[C@@H](CO)C[C@@]2(Cc2cscn2)C(=O)O)ccc1C(C)(C)C. The molecule has 186 valence electrons. The van der Waals surface area contributed by atoms with E-state index in [2.05, 4.69) is 30.7 Å². The van der Waals surface area contributed by atoms with Crippen LogP contribution in [0, 0.1) is 5.92 Å². The fourth-order valence-electron chi connectivity index (χ4n) is 4.93. The van der Waals surface area contributed by atoms with Crippen LogP contribution in [0.1, 0.15) is 59.9 Å². The number of aliphatic carboxylic acids is 1. The van der Waals surface area contributed by atoms with Crippen molar-refractivity contribution in [1.82, 2.24) is 14.9 Å². The molecule has 2 N–H and O–H groups in total. The lowest BCUT2D eigenvalue weighted by Gasteiger charge is -2.37. The Hall–Kier alpha value is -2.82. The summed E-state index contributed by atoms with van der Waals surface area (Å²) < 4.78 is 5.61. The Balaban J connectivity index is 1.88. The summed E-state index contributed by atoms with van der Waals surface area (Å²) in [6.07, 6.45) is 1.75. The summed E-state index contributed by atoms with van der Waals surface area (Å²) in [7, 11) is 1.55. The zero-order valence-electron chi connectivity index (χ0n) is 20.1. The number of amides is 1. The van der Waals surface area contributed by atoms with Crippen molar-refractivity contribution in [2.24, 2.45) is 5.92 Å². The van der Waals surface area contributed by atoms with E-state index in [-0.39, 0.29) is 24.9 Å². The molecule has 3 heterocycles. The lowest BCUT2D eigenvalue weighted by Crippen LogP contribution is -2.55. The van der Waals surface area contributed by atoms with Gasteiger partial charge >= 0.3 is 5.97 Å². The molecule has 3 atom stereocenters. The first-order chi connectivity index (χ1) is 16.6. The zero-order chi connectivity index (χ0) is 25.4. The molecule has 1 fully saturated rings. The Morgan fingerprint density at radius 2 is 2.06 bits per heavy atom. The van der Waals surface area contributed by atoms with E-state index < -0.39 is 29.4 Å². The third kappa shape index (κ3) is 4.57. The number of methoxy groups -OCH3 is 1. The molecular formula is C25H29N3O5S2. The fourth-order valence-corrected chi connectivity index (χ4v) is 6.31. The number of carbonyl (C=O) groups excluding carboxylic acids is 1. The molecule has 1 aliphatic heterocycles. The maximum atomic E-state index is 14.2. The van der Waals surface area contributed by atoms with Crippen LogP contribution in [0.5, 0.6) is 5.75 Å². The molecule has 35 heavy (non-hydrogen) atoms. The van der Waals surface area contributed by atoms with Gasteiger partial charge in [-0.3, -0.25) is 4.79 Å². The van der Waals surface area contributed by atoms with E-state index in [0.717, 1.165) is 5.56 Å². The average Bonchev–Trinajstić information content (AvgIpc) is 3.58. The molecule has 1 amide bonds. The van der Waals surface area contributed by atoms with Crippen molar-refractivity contribution >= 4 is 34.6 Å². The lowest BCUT2D eigenvalue weighted by atomic mass is 9.85. The normalized spacial score (nSPS) is 22.4. The summed E-state index contributed by atoms with van der Waals surface area (Å²) in [5.74, 6) is -1.50. The van der Waals surface area contributed by atoms with E-state index in [4.69, 9.17) is 4.74 Å². The van der Waals surface area contributed by atoms with E-state index in [9.17, 15) is 19.8 Å². The highest BCUT2D eigenvalue weighted by atomic mass is 32.1. The smallest absolute Gasteiger partial charge is 0.330 e. The Morgan fingerprint density at radius 1 is 1.29 bits per heavy atom. The van der Waals surface area contributed by atoms with Crippen LogP contribution in [0.4, 0.5) is 0 Å². The molecule has 1 aliphatic rings. The minimum absolute atomic E-state index is 0.0349. The van der Waals surface area contributed by atoms with Crippen LogP contribution in [-0.4, -0.2) is 56.2 Å². The van der Waals surface area contributed by atoms with Gasteiger partial charge in [0.1, 0.15) is 16.3 Å². The molecule has 10 heteroatoms. The monoisotopic (exact) mass is 515 g/mol. The number of aromatic nitrogens is 2. The first-order valence-corrected chi connectivity index (χ1v) is 13.1. The molecule has 4 rings (SSSR count).